The Kier molecular flexibility index (Phi) is 24.4. The molecular formula is C28H49NO9. The standard InChI is InChI=1S/C28H49NO9/c1-3-9-31-11-13-33-15-17-35-19-21-37-23-24-38-22-20-36-18-16-34-14-12-32-10-8-28(30)29-25-27-6-4-26(2)5-7-27/h4-7H,3,8-25H2,1-2H3,(H,29,30). The first-order chi connectivity index (χ1) is 18.7. The SMILES string of the molecule is CCCOCCOCCOCCOCCOCCOCCOCCOCCC(=O)NCc1ccc(C)cc1. The van der Waals surface area contributed by atoms with Crippen molar-refractivity contribution in [2.75, 3.05) is 106 Å². The summed E-state index contributed by atoms with van der Waals surface area (Å²) in [5.74, 6) is -0.0242. The van der Waals surface area contributed by atoms with Gasteiger partial charge in [-0.05, 0) is 18.9 Å². The van der Waals surface area contributed by atoms with Gasteiger partial charge in [0, 0.05) is 19.6 Å². The predicted octanol–water partition coefficient (Wildman–Crippen LogP) is 2.54. The van der Waals surface area contributed by atoms with Crippen LogP contribution in [0.3, 0.4) is 0 Å². The maximum atomic E-state index is 11.8. The average Bonchev–Trinajstić information content (AvgIpc) is 2.92. The van der Waals surface area contributed by atoms with Crippen molar-refractivity contribution in [2.24, 2.45) is 0 Å². The second-order valence-electron chi connectivity index (χ2n) is 8.41. The van der Waals surface area contributed by atoms with E-state index in [9.17, 15) is 4.79 Å². The topological polar surface area (TPSA) is 103 Å². The van der Waals surface area contributed by atoms with Crippen LogP contribution in [0.4, 0.5) is 0 Å². The molecule has 0 heterocycles. The van der Waals surface area contributed by atoms with E-state index in [2.05, 4.69) is 12.2 Å². The number of amides is 1. The fourth-order valence-corrected chi connectivity index (χ4v) is 2.95. The number of carbonyl (C=O) groups excluding carboxylic acids is 1. The molecule has 0 radical (unpaired) electrons. The maximum absolute atomic E-state index is 11.8. The monoisotopic (exact) mass is 543 g/mol. The Labute approximate surface area is 228 Å². The lowest BCUT2D eigenvalue weighted by molar-refractivity contribution is -0.122. The summed E-state index contributed by atoms with van der Waals surface area (Å²) in [4.78, 5) is 11.8. The van der Waals surface area contributed by atoms with Crippen LogP contribution in [0.1, 0.15) is 30.9 Å². The van der Waals surface area contributed by atoms with Gasteiger partial charge in [0.05, 0.1) is 99.1 Å². The molecule has 1 aromatic rings. The number of benzene rings is 1. The zero-order valence-electron chi connectivity index (χ0n) is 23.4. The summed E-state index contributed by atoms with van der Waals surface area (Å²) in [5, 5.41) is 2.89. The molecule has 0 saturated heterocycles. The van der Waals surface area contributed by atoms with Crippen molar-refractivity contribution in [3.8, 4) is 0 Å². The van der Waals surface area contributed by atoms with E-state index >= 15 is 0 Å². The molecule has 0 aliphatic heterocycles. The second kappa shape index (κ2) is 27.0. The molecule has 0 atom stereocenters. The number of aryl methyl sites for hydroxylation is 1. The van der Waals surface area contributed by atoms with Crippen LogP contribution in [-0.4, -0.2) is 112 Å². The Bertz CT molecular complexity index is 646. The van der Waals surface area contributed by atoms with Gasteiger partial charge in [0.25, 0.3) is 0 Å². The minimum absolute atomic E-state index is 0.0242. The normalized spacial score (nSPS) is 11.2. The zero-order valence-corrected chi connectivity index (χ0v) is 23.4. The smallest absolute Gasteiger partial charge is 0.222 e. The highest BCUT2D eigenvalue weighted by Gasteiger charge is 2.02. The van der Waals surface area contributed by atoms with Crippen molar-refractivity contribution < 1.29 is 42.7 Å². The van der Waals surface area contributed by atoms with Crippen LogP contribution in [-0.2, 0) is 49.2 Å². The first-order valence-corrected chi connectivity index (χ1v) is 13.7. The summed E-state index contributed by atoms with van der Waals surface area (Å²) in [5.41, 5.74) is 2.29. The van der Waals surface area contributed by atoms with Gasteiger partial charge >= 0.3 is 0 Å². The third-order valence-corrected chi connectivity index (χ3v) is 5.04. The third kappa shape index (κ3) is 23.5. The van der Waals surface area contributed by atoms with Crippen molar-refractivity contribution in [1.29, 1.82) is 0 Å². The van der Waals surface area contributed by atoms with E-state index in [4.69, 9.17) is 37.9 Å². The molecule has 0 aliphatic rings. The quantitative estimate of drug-likeness (QED) is 0.160. The minimum atomic E-state index is -0.0242. The number of carbonyl (C=O) groups is 1. The number of rotatable bonds is 28. The van der Waals surface area contributed by atoms with Crippen LogP contribution in [0, 0.1) is 6.92 Å². The molecule has 10 heteroatoms. The molecule has 0 aromatic heterocycles. The molecule has 1 N–H and O–H groups in total. The van der Waals surface area contributed by atoms with Crippen LogP contribution >= 0.6 is 0 Å². The molecule has 10 nitrogen and oxygen atoms in total. The Morgan fingerprint density at radius 1 is 0.553 bits per heavy atom. The van der Waals surface area contributed by atoms with Crippen LogP contribution in [0.15, 0.2) is 24.3 Å². The average molecular weight is 544 g/mol. The van der Waals surface area contributed by atoms with Gasteiger partial charge in [-0.25, -0.2) is 0 Å². The van der Waals surface area contributed by atoms with E-state index in [1.165, 1.54) is 5.56 Å². The number of hydrogen-bond acceptors (Lipinski definition) is 9. The lowest BCUT2D eigenvalue weighted by Crippen LogP contribution is -2.24. The lowest BCUT2D eigenvalue weighted by atomic mass is 10.1. The molecule has 0 spiro atoms. The van der Waals surface area contributed by atoms with E-state index in [1.54, 1.807) is 0 Å². The Balaban J connectivity index is 1.69. The minimum Gasteiger partial charge on any atom is -0.379 e. The van der Waals surface area contributed by atoms with Crippen molar-refractivity contribution in [2.45, 2.75) is 33.2 Å². The van der Waals surface area contributed by atoms with Gasteiger partial charge in [0.2, 0.25) is 5.91 Å². The molecule has 1 aromatic carbocycles. The summed E-state index contributed by atoms with van der Waals surface area (Å²) >= 11 is 0. The summed E-state index contributed by atoms with van der Waals surface area (Å²) in [6.07, 6.45) is 1.36. The summed E-state index contributed by atoms with van der Waals surface area (Å²) in [7, 11) is 0. The highest BCUT2D eigenvalue weighted by atomic mass is 16.6. The van der Waals surface area contributed by atoms with Gasteiger partial charge in [-0.15, -0.1) is 0 Å². The molecule has 0 aliphatic carbocycles. The maximum Gasteiger partial charge on any atom is 0.222 e. The fraction of sp³-hybridized carbons (Fsp3) is 0.750. The van der Waals surface area contributed by atoms with Crippen molar-refractivity contribution in [3.63, 3.8) is 0 Å². The summed E-state index contributed by atoms with van der Waals surface area (Å²) < 4.78 is 43.4. The van der Waals surface area contributed by atoms with Gasteiger partial charge in [0.1, 0.15) is 0 Å². The van der Waals surface area contributed by atoms with E-state index in [1.807, 2.05) is 31.2 Å². The highest BCUT2D eigenvalue weighted by molar-refractivity contribution is 5.75. The third-order valence-electron chi connectivity index (χ3n) is 5.04. The van der Waals surface area contributed by atoms with E-state index < -0.39 is 0 Å². The zero-order chi connectivity index (χ0) is 27.4. The molecule has 0 saturated carbocycles. The van der Waals surface area contributed by atoms with Gasteiger partial charge in [-0.3, -0.25) is 4.79 Å². The molecular weight excluding hydrogens is 494 g/mol. The largest absolute Gasteiger partial charge is 0.379 e. The van der Waals surface area contributed by atoms with Crippen LogP contribution in [0.5, 0.6) is 0 Å². The summed E-state index contributed by atoms with van der Waals surface area (Å²) in [6.45, 7) is 13.2. The summed E-state index contributed by atoms with van der Waals surface area (Å²) in [6, 6.07) is 8.10. The molecule has 0 unspecified atom stereocenters. The van der Waals surface area contributed by atoms with Crippen LogP contribution < -0.4 is 5.32 Å². The molecule has 0 bridgehead atoms. The number of nitrogens with one attached hydrogen (secondary N) is 1. The predicted molar refractivity (Wildman–Crippen MR) is 144 cm³/mol. The molecule has 220 valence electrons. The first-order valence-electron chi connectivity index (χ1n) is 13.7. The van der Waals surface area contributed by atoms with Crippen molar-refractivity contribution >= 4 is 5.91 Å². The van der Waals surface area contributed by atoms with Gasteiger partial charge in [-0.1, -0.05) is 36.8 Å². The van der Waals surface area contributed by atoms with E-state index in [0.717, 1.165) is 18.6 Å². The van der Waals surface area contributed by atoms with Gasteiger partial charge in [-0.2, -0.15) is 0 Å². The van der Waals surface area contributed by atoms with Crippen molar-refractivity contribution in [3.05, 3.63) is 35.4 Å². The molecule has 38 heavy (non-hydrogen) atoms. The molecule has 0 fully saturated rings. The first kappa shape index (κ1) is 34.4. The van der Waals surface area contributed by atoms with Gasteiger partial charge in [0.15, 0.2) is 0 Å². The second-order valence-corrected chi connectivity index (χ2v) is 8.41. The Morgan fingerprint density at radius 2 is 0.895 bits per heavy atom. The number of ether oxygens (including phenoxy) is 8. The lowest BCUT2D eigenvalue weighted by Gasteiger charge is -2.09. The number of hydrogen-bond donors (Lipinski definition) is 1. The van der Waals surface area contributed by atoms with Crippen LogP contribution in [0.2, 0.25) is 0 Å². The highest BCUT2D eigenvalue weighted by Crippen LogP contribution is 2.02. The Morgan fingerprint density at radius 3 is 1.26 bits per heavy atom. The van der Waals surface area contributed by atoms with Gasteiger partial charge < -0.3 is 43.2 Å². The van der Waals surface area contributed by atoms with Crippen molar-refractivity contribution in [1.82, 2.24) is 5.32 Å². The molecule has 1 rings (SSSR count). The molecule has 1 amide bonds. The van der Waals surface area contributed by atoms with E-state index in [-0.39, 0.29) is 5.91 Å². The van der Waals surface area contributed by atoms with E-state index in [0.29, 0.717) is 112 Å². The Hall–Kier alpha value is -1.63. The fourth-order valence-electron chi connectivity index (χ4n) is 2.95. The van der Waals surface area contributed by atoms with Crippen LogP contribution in [0.25, 0.3) is 0 Å².